The van der Waals surface area contributed by atoms with Crippen LogP contribution in [0.2, 0.25) is 0 Å². The van der Waals surface area contributed by atoms with E-state index in [4.69, 9.17) is 0 Å². The van der Waals surface area contributed by atoms with Crippen LogP contribution in [0.5, 0.6) is 0 Å². The van der Waals surface area contributed by atoms with Gasteiger partial charge in [-0.25, -0.2) is 0 Å². The minimum Gasteiger partial charge on any atom is -0.361 e. The lowest BCUT2D eigenvalue weighted by Gasteiger charge is -2.37. The van der Waals surface area contributed by atoms with E-state index in [1.54, 1.807) is 22.9 Å². The number of thioether (sulfide) groups is 1. The van der Waals surface area contributed by atoms with Crippen molar-refractivity contribution in [3.05, 3.63) is 42.2 Å². The van der Waals surface area contributed by atoms with Gasteiger partial charge in [-0.3, -0.25) is 14.4 Å². The number of nitrogens with one attached hydrogen (secondary N) is 3. The van der Waals surface area contributed by atoms with E-state index in [1.165, 1.54) is 6.92 Å². The lowest BCUT2D eigenvalue weighted by molar-refractivity contribution is -0.144. The zero-order valence-corrected chi connectivity index (χ0v) is 20.1. The highest BCUT2D eigenvalue weighted by Crippen LogP contribution is 2.39. The second-order valence-electron chi connectivity index (χ2n) is 9.00. The van der Waals surface area contributed by atoms with Crippen molar-refractivity contribution < 1.29 is 14.4 Å². The molecule has 8 heteroatoms. The van der Waals surface area contributed by atoms with E-state index in [9.17, 15) is 14.4 Å². The number of rotatable bonds is 7. The second-order valence-corrected chi connectivity index (χ2v) is 10.6. The van der Waals surface area contributed by atoms with Crippen LogP contribution in [0.15, 0.2) is 36.7 Å². The van der Waals surface area contributed by atoms with Crippen LogP contribution in [0, 0.1) is 5.92 Å². The molecule has 0 radical (unpaired) electrons. The first-order chi connectivity index (χ1) is 15.1. The number of hydrogen-bond donors (Lipinski definition) is 3. The van der Waals surface area contributed by atoms with Gasteiger partial charge in [-0.15, -0.1) is 11.8 Å². The maximum absolute atomic E-state index is 13.4. The van der Waals surface area contributed by atoms with Gasteiger partial charge in [-0.05, 0) is 38.3 Å². The fraction of sp³-hybridized carbons (Fsp3) is 0.458. The van der Waals surface area contributed by atoms with Gasteiger partial charge in [0.2, 0.25) is 17.7 Å². The Morgan fingerprint density at radius 2 is 2.00 bits per heavy atom. The van der Waals surface area contributed by atoms with Crippen LogP contribution < -0.4 is 10.6 Å². The number of fused-ring (bicyclic) bond motifs is 1. The van der Waals surface area contributed by atoms with Gasteiger partial charge in [-0.2, -0.15) is 0 Å². The predicted molar refractivity (Wildman–Crippen MR) is 130 cm³/mol. The minimum atomic E-state index is -0.650. The topological polar surface area (TPSA) is 94.3 Å². The van der Waals surface area contributed by atoms with Gasteiger partial charge < -0.3 is 20.5 Å². The number of carbonyl (C=O) groups is 3. The fourth-order valence-corrected chi connectivity index (χ4v) is 5.28. The molecule has 0 bridgehead atoms. The average molecular weight is 457 g/mol. The maximum atomic E-state index is 13.4. The predicted octanol–water partition coefficient (Wildman–Crippen LogP) is 3.49. The van der Waals surface area contributed by atoms with Crippen LogP contribution in [0.3, 0.4) is 0 Å². The van der Waals surface area contributed by atoms with Crippen molar-refractivity contribution >= 4 is 46.5 Å². The van der Waals surface area contributed by atoms with Gasteiger partial charge in [0.05, 0.1) is 4.87 Å². The Bertz CT molecular complexity index is 1030. The molecule has 1 aliphatic heterocycles. The summed E-state index contributed by atoms with van der Waals surface area (Å²) in [6.45, 7) is 9.29. The number of nitrogens with zero attached hydrogens (tertiary/aromatic N) is 1. The first-order valence-corrected chi connectivity index (χ1v) is 11.9. The number of H-pyrrole nitrogens is 1. The third-order valence-electron chi connectivity index (χ3n) is 5.52. The number of aromatic amines is 1. The minimum absolute atomic E-state index is 0.218. The van der Waals surface area contributed by atoms with Crippen molar-refractivity contribution in [2.75, 3.05) is 5.75 Å². The zero-order chi connectivity index (χ0) is 23.5. The molecule has 3 amide bonds. The summed E-state index contributed by atoms with van der Waals surface area (Å²) in [6, 6.07) is 6.68. The molecule has 2 aromatic rings. The zero-order valence-electron chi connectivity index (χ0n) is 19.3. The van der Waals surface area contributed by atoms with Crippen molar-refractivity contribution in [1.82, 2.24) is 20.5 Å². The molecule has 1 aromatic carbocycles. The third kappa shape index (κ3) is 5.35. The molecule has 1 aromatic heterocycles. The maximum Gasteiger partial charge on any atom is 0.247 e. The van der Waals surface area contributed by atoms with Crippen LogP contribution in [0.25, 0.3) is 17.0 Å². The summed E-state index contributed by atoms with van der Waals surface area (Å²) >= 11 is 1.56. The lowest BCUT2D eigenvalue weighted by atomic mass is 10.0. The Morgan fingerprint density at radius 1 is 1.28 bits per heavy atom. The van der Waals surface area contributed by atoms with Crippen LogP contribution in [0.4, 0.5) is 0 Å². The molecule has 3 rings (SSSR count). The summed E-state index contributed by atoms with van der Waals surface area (Å²) in [6.07, 6.45) is 5.87. The number of para-hydroxylation sites is 1. The molecule has 0 spiro atoms. The molecule has 2 atom stereocenters. The molecule has 172 valence electrons. The number of hydrogen-bond acceptors (Lipinski definition) is 4. The fourth-order valence-electron chi connectivity index (χ4n) is 4.06. The quantitative estimate of drug-likeness (QED) is 0.595. The van der Waals surface area contributed by atoms with Crippen molar-refractivity contribution in [3.8, 4) is 0 Å². The summed E-state index contributed by atoms with van der Waals surface area (Å²) in [5.74, 6) is 0.0140. The molecule has 1 aliphatic rings. The molecule has 7 nitrogen and oxygen atoms in total. The highest BCUT2D eigenvalue weighted by molar-refractivity contribution is 8.00. The highest BCUT2D eigenvalue weighted by atomic mass is 32.2. The van der Waals surface area contributed by atoms with Gasteiger partial charge in [0.1, 0.15) is 12.1 Å². The van der Waals surface area contributed by atoms with Crippen LogP contribution >= 0.6 is 11.8 Å². The molecule has 1 saturated heterocycles. The summed E-state index contributed by atoms with van der Waals surface area (Å²) < 4.78 is 0. The molecule has 2 heterocycles. The van der Waals surface area contributed by atoms with E-state index < -0.39 is 17.0 Å². The molecular weight excluding hydrogens is 424 g/mol. The van der Waals surface area contributed by atoms with Gasteiger partial charge in [-0.1, -0.05) is 32.0 Å². The largest absolute Gasteiger partial charge is 0.361 e. The van der Waals surface area contributed by atoms with E-state index in [-0.39, 0.29) is 23.6 Å². The normalized spacial score (nSPS) is 18.9. The van der Waals surface area contributed by atoms with Crippen LogP contribution in [-0.2, 0) is 14.4 Å². The number of aromatic nitrogens is 1. The lowest BCUT2D eigenvalue weighted by Crippen LogP contribution is -2.58. The van der Waals surface area contributed by atoms with Crippen molar-refractivity contribution in [1.29, 1.82) is 0 Å². The van der Waals surface area contributed by atoms with Crippen LogP contribution in [0.1, 0.15) is 46.6 Å². The first-order valence-electron chi connectivity index (χ1n) is 10.9. The van der Waals surface area contributed by atoms with E-state index in [2.05, 4.69) is 15.6 Å². The first kappa shape index (κ1) is 23.9. The molecule has 0 saturated carbocycles. The molecule has 1 fully saturated rings. The monoisotopic (exact) mass is 456 g/mol. The molecule has 3 N–H and O–H groups in total. The smallest absolute Gasteiger partial charge is 0.247 e. The Hall–Kier alpha value is -2.74. The van der Waals surface area contributed by atoms with E-state index in [0.29, 0.717) is 12.2 Å². The number of benzene rings is 1. The van der Waals surface area contributed by atoms with Crippen LogP contribution in [-0.4, -0.2) is 50.3 Å². The van der Waals surface area contributed by atoms with Gasteiger partial charge >= 0.3 is 0 Å². The van der Waals surface area contributed by atoms with Crippen molar-refractivity contribution in [3.63, 3.8) is 0 Å². The second kappa shape index (κ2) is 9.81. The summed E-state index contributed by atoms with van der Waals surface area (Å²) in [4.78, 5) is 42.5. The van der Waals surface area contributed by atoms with Gasteiger partial charge in [0.15, 0.2) is 0 Å². The van der Waals surface area contributed by atoms with Gasteiger partial charge in [0, 0.05) is 41.5 Å². The van der Waals surface area contributed by atoms with Crippen molar-refractivity contribution in [2.24, 2.45) is 5.92 Å². The average Bonchev–Trinajstić information content (AvgIpc) is 3.26. The Kier molecular flexibility index (Phi) is 7.33. The standard InChI is InChI=1S/C24H32N4O3S/c1-15(2)12-20(27-16(3)29)23(31)28-21(14-32-24(28,4)5)22(30)25-11-10-17-13-26-19-9-7-6-8-18(17)19/h6-11,13,15,20-21,26H,12,14H2,1-5H3,(H,25,30)(H,27,29). The van der Waals surface area contributed by atoms with E-state index in [1.807, 2.05) is 64.2 Å². The Balaban J connectivity index is 1.75. The summed E-state index contributed by atoms with van der Waals surface area (Å²) in [5, 5.41) is 6.69. The summed E-state index contributed by atoms with van der Waals surface area (Å²) in [7, 11) is 0. The Morgan fingerprint density at radius 3 is 2.69 bits per heavy atom. The molecule has 2 unspecified atom stereocenters. The molecule has 0 aliphatic carbocycles. The molecular formula is C24H32N4O3S. The number of carbonyl (C=O) groups excluding carboxylic acids is 3. The summed E-state index contributed by atoms with van der Waals surface area (Å²) in [5.41, 5.74) is 2.00. The van der Waals surface area contributed by atoms with E-state index in [0.717, 1.165) is 16.5 Å². The SMILES string of the molecule is CC(=O)NC(CC(C)C)C(=O)N1C(C(=O)NC=Cc2c[nH]c3ccccc23)CSC1(C)C. The number of amides is 3. The third-order valence-corrected chi connectivity index (χ3v) is 6.90. The Labute approximate surface area is 193 Å². The van der Waals surface area contributed by atoms with Crippen molar-refractivity contribution in [2.45, 2.75) is 58.0 Å². The molecule has 32 heavy (non-hydrogen) atoms. The van der Waals surface area contributed by atoms with E-state index >= 15 is 0 Å². The highest BCUT2D eigenvalue weighted by Gasteiger charge is 2.48. The van der Waals surface area contributed by atoms with Gasteiger partial charge in [0.25, 0.3) is 0 Å².